The maximum Gasteiger partial charge on any atom is 0.241 e. The van der Waals surface area contributed by atoms with Gasteiger partial charge in [0.15, 0.2) is 11.5 Å². The quantitative estimate of drug-likeness (QED) is 0.811. The third-order valence-electron chi connectivity index (χ3n) is 4.39. The molecule has 0 bridgehead atoms. The van der Waals surface area contributed by atoms with Gasteiger partial charge in [-0.05, 0) is 44.5 Å². The second kappa shape index (κ2) is 8.69. The molecule has 0 atom stereocenters. The SMILES string of the molecule is COc1cc(C)c(S(=O)(=O)NCCN2CCCCCC2)cc1OC. The summed E-state index contributed by atoms with van der Waals surface area (Å²) in [7, 11) is -0.542. The van der Waals surface area contributed by atoms with E-state index in [1.807, 2.05) is 0 Å². The lowest BCUT2D eigenvalue weighted by atomic mass is 10.2. The lowest BCUT2D eigenvalue weighted by molar-refractivity contribution is 0.290. The van der Waals surface area contributed by atoms with Gasteiger partial charge in [-0.25, -0.2) is 13.1 Å². The summed E-state index contributed by atoms with van der Waals surface area (Å²) in [6.45, 7) is 5.02. The van der Waals surface area contributed by atoms with E-state index >= 15 is 0 Å². The largest absolute Gasteiger partial charge is 0.493 e. The smallest absolute Gasteiger partial charge is 0.241 e. The van der Waals surface area contributed by atoms with E-state index in [0.717, 1.165) is 19.6 Å². The fourth-order valence-corrected chi connectivity index (χ4v) is 4.29. The fourth-order valence-electron chi connectivity index (χ4n) is 3.03. The molecule has 136 valence electrons. The Balaban J connectivity index is 2.04. The molecule has 0 aromatic heterocycles. The van der Waals surface area contributed by atoms with Crippen LogP contribution in [0.15, 0.2) is 17.0 Å². The van der Waals surface area contributed by atoms with Crippen LogP contribution in [0.2, 0.25) is 0 Å². The highest BCUT2D eigenvalue weighted by molar-refractivity contribution is 7.89. The van der Waals surface area contributed by atoms with E-state index in [-0.39, 0.29) is 4.90 Å². The molecule has 24 heavy (non-hydrogen) atoms. The van der Waals surface area contributed by atoms with Crippen molar-refractivity contribution in [3.63, 3.8) is 0 Å². The zero-order chi connectivity index (χ0) is 17.6. The third-order valence-corrected chi connectivity index (χ3v) is 5.99. The van der Waals surface area contributed by atoms with Gasteiger partial charge < -0.3 is 14.4 Å². The van der Waals surface area contributed by atoms with Crippen molar-refractivity contribution in [2.24, 2.45) is 0 Å². The van der Waals surface area contributed by atoms with Gasteiger partial charge in [0.05, 0.1) is 19.1 Å². The Kier molecular flexibility index (Phi) is 6.89. The molecule has 1 aromatic rings. The molecule has 0 spiro atoms. The first-order valence-corrected chi connectivity index (χ1v) is 9.91. The molecule has 0 saturated carbocycles. The van der Waals surface area contributed by atoms with E-state index in [0.29, 0.717) is 23.6 Å². The first-order chi connectivity index (χ1) is 11.5. The van der Waals surface area contributed by atoms with Crippen molar-refractivity contribution >= 4 is 10.0 Å². The molecule has 0 unspecified atom stereocenters. The van der Waals surface area contributed by atoms with E-state index in [4.69, 9.17) is 9.47 Å². The van der Waals surface area contributed by atoms with Gasteiger partial charge in [0.25, 0.3) is 0 Å². The predicted molar refractivity (Wildman–Crippen MR) is 94.4 cm³/mol. The summed E-state index contributed by atoms with van der Waals surface area (Å²) < 4.78 is 38.3. The second-order valence-corrected chi connectivity index (χ2v) is 7.86. The average molecular weight is 356 g/mol. The van der Waals surface area contributed by atoms with Gasteiger partial charge in [-0.1, -0.05) is 12.8 Å². The zero-order valence-corrected chi connectivity index (χ0v) is 15.6. The molecule has 1 saturated heterocycles. The fraction of sp³-hybridized carbons (Fsp3) is 0.647. The third kappa shape index (κ3) is 4.84. The number of rotatable bonds is 7. The molecule has 1 aliphatic rings. The number of aryl methyl sites for hydroxylation is 1. The van der Waals surface area contributed by atoms with E-state index in [2.05, 4.69) is 9.62 Å². The van der Waals surface area contributed by atoms with Crippen LogP contribution in [0.25, 0.3) is 0 Å². The predicted octanol–water partition coefficient (Wildman–Crippen LogP) is 2.17. The number of nitrogens with one attached hydrogen (secondary N) is 1. The molecule has 1 aromatic carbocycles. The topological polar surface area (TPSA) is 67.9 Å². The number of sulfonamides is 1. The average Bonchev–Trinajstić information content (AvgIpc) is 2.83. The molecule has 1 heterocycles. The Morgan fingerprint density at radius 2 is 1.62 bits per heavy atom. The van der Waals surface area contributed by atoms with Crippen molar-refractivity contribution in [2.45, 2.75) is 37.5 Å². The summed E-state index contributed by atoms with van der Waals surface area (Å²) in [5.41, 5.74) is 0.634. The maximum atomic E-state index is 12.6. The molecule has 6 nitrogen and oxygen atoms in total. The lowest BCUT2D eigenvalue weighted by Crippen LogP contribution is -2.35. The molecule has 1 fully saturated rings. The van der Waals surface area contributed by atoms with E-state index in [1.165, 1.54) is 46.0 Å². The minimum Gasteiger partial charge on any atom is -0.493 e. The maximum absolute atomic E-state index is 12.6. The van der Waals surface area contributed by atoms with Crippen molar-refractivity contribution in [3.05, 3.63) is 17.7 Å². The Labute approximate surface area is 145 Å². The summed E-state index contributed by atoms with van der Waals surface area (Å²) in [5.74, 6) is 0.939. The summed E-state index contributed by atoms with van der Waals surface area (Å²) in [4.78, 5) is 2.56. The summed E-state index contributed by atoms with van der Waals surface area (Å²) in [6, 6.07) is 3.20. The highest BCUT2D eigenvalue weighted by atomic mass is 32.2. The molecule has 0 aliphatic carbocycles. The number of benzene rings is 1. The minimum atomic E-state index is -3.57. The van der Waals surface area contributed by atoms with Gasteiger partial charge in [-0.2, -0.15) is 0 Å². The molecule has 1 aliphatic heterocycles. The van der Waals surface area contributed by atoms with Gasteiger partial charge in [-0.3, -0.25) is 0 Å². The number of nitrogens with zero attached hydrogens (tertiary/aromatic N) is 1. The molecular weight excluding hydrogens is 328 g/mol. The van der Waals surface area contributed by atoms with Crippen LogP contribution in [-0.2, 0) is 10.0 Å². The van der Waals surface area contributed by atoms with Crippen LogP contribution < -0.4 is 14.2 Å². The van der Waals surface area contributed by atoms with Crippen LogP contribution in [-0.4, -0.2) is 53.7 Å². The van der Waals surface area contributed by atoms with E-state index in [1.54, 1.807) is 13.0 Å². The number of ether oxygens (including phenoxy) is 2. The van der Waals surface area contributed by atoms with Crippen LogP contribution >= 0.6 is 0 Å². The van der Waals surface area contributed by atoms with Gasteiger partial charge in [-0.15, -0.1) is 0 Å². The highest BCUT2D eigenvalue weighted by Gasteiger charge is 2.20. The normalized spacial score (nSPS) is 16.6. The summed E-state index contributed by atoms with van der Waals surface area (Å²) >= 11 is 0. The Morgan fingerprint density at radius 1 is 1.04 bits per heavy atom. The van der Waals surface area contributed by atoms with Crippen molar-refractivity contribution < 1.29 is 17.9 Å². The lowest BCUT2D eigenvalue weighted by Gasteiger charge is -2.20. The van der Waals surface area contributed by atoms with Crippen molar-refractivity contribution in [1.82, 2.24) is 9.62 Å². The van der Waals surface area contributed by atoms with Crippen molar-refractivity contribution in [2.75, 3.05) is 40.4 Å². The first-order valence-electron chi connectivity index (χ1n) is 8.42. The molecule has 1 N–H and O–H groups in total. The second-order valence-electron chi connectivity index (χ2n) is 6.13. The summed E-state index contributed by atoms with van der Waals surface area (Å²) in [6.07, 6.45) is 4.93. The van der Waals surface area contributed by atoms with Crippen LogP contribution in [0.4, 0.5) is 0 Å². The van der Waals surface area contributed by atoms with E-state index in [9.17, 15) is 8.42 Å². The van der Waals surface area contributed by atoms with Gasteiger partial charge in [0.2, 0.25) is 10.0 Å². The van der Waals surface area contributed by atoms with Crippen LogP contribution in [0.1, 0.15) is 31.2 Å². The zero-order valence-electron chi connectivity index (χ0n) is 14.8. The molecule has 7 heteroatoms. The standard InChI is InChI=1S/C17H28N2O4S/c1-14-12-15(22-2)16(23-3)13-17(14)24(20,21)18-8-11-19-9-6-4-5-7-10-19/h12-13,18H,4-11H2,1-3H3. The first kappa shape index (κ1) is 19.0. The Morgan fingerprint density at radius 3 is 2.21 bits per heavy atom. The number of hydrogen-bond donors (Lipinski definition) is 1. The van der Waals surface area contributed by atoms with Gasteiger partial charge >= 0.3 is 0 Å². The van der Waals surface area contributed by atoms with Crippen LogP contribution in [0.5, 0.6) is 11.5 Å². The Bertz CT molecular complexity index is 638. The molecule has 0 amide bonds. The van der Waals surface area contributed by atoms with Gasteiger partial charge in [0.1, 0.15) is 0 Å². The number of hydrogen-bond acceptors (Lipinski definition) is 5. The highest BCUT2D eigenvalue weighted by Crippen LogP contribution is 2.32. The Hall–Kier alpha value is -1.31. The van der Waals surface area contributed by atoms with Crippen molar-refractivity contribution in [1.29, 1.82) is 0 Å². The minimum absolute atomic E-state index is 0.232. The molecule has 2 rings (SSSR count). The summed E-state index contributed by atoms with van der Waals surface area (Å²) in [5, 5.41) is 0. The van der Waals surface area contributed by atoms with Gasteiger partial charge in [0, 0.05) is 19.2 Å². The van der Waals surface area contributed by atoms with E-state index < -0.39 is 10.0 Å². The number of methoxy groups -OCH3 is 2. The van der Waals surface area contributed by atoms with Crippen molar-refractivity contribution in [3.8, 4) is 11.5 Å². The van der Waals surface area contributed by atoms with Crippen LogP contribution in [0, 0.1) is 6.92 Å². The van der Waals surface area contributed by atoms with Crippen LogP contribution in [0.3, 0.4) is 0 Å². The number of likely N-dealkylation sites (tertiary alicyclic amines) is 1. The molecular formula is C17H28N2O4S. The monoisotopic (exact) mass is 356 g/mol. The molecule has 0 radical (unpaired) electrons.